The molecular formula is C23H26FN5O. The molecule has 0 aliphatic heterocycles. The van der Waals surface area contributed by atoms with E-state index in [0.29, 0.717) is 34.3 Å². The third-order valence-corrected chi connectivity index (χ3v) is 6.27. The quantitative estimate of drug-likeness (QED) is 0.484. The van der Waals surface area contributed by atoms with Gasteiger partial charge in [0, 0.05) is 17.5 Å². The van der Waals surface area contributed by atoms with Crippen molar-refractivity contribution in [1.82, 2.24) is 24.5 Å². The summed E-state index contributed by atoms with van der Waals surface area (Å²) in [6.45, 7) is 3.92. The third-order valence-electron chi connectivity index (χ3n) is 6.27. The lowest BCUT2D eigenvalue weighted by molar-refractivity contribution is 0.207. The summed E-state index contributed by atoms with van der Waals surface area (Å²) in [6, 6.07) is 5.87. The molecule has 6 nitrogen and oxygen atoms in total. The van der Waals surface area contributed by atoms with Gasteiger partial charge in [0.25, 0.3) is 0 Å². The Kier molecular flexibility index (Phi) is 4.58. The Hall–Kier alpha value is -2.80. The average molecular weight is 407 g/mol. The van der Waals surface area contributed by atoms with Crippen LogP contribution in [0.3, 0.4) is 0 Å². The minimum atomic E-state index is -0.374. The first kappa shape index (κ1) is 19.2. The van der Waals surface area contributed by atoms with Crippen LogP contribution in [0.1, 0.15) is 48.7 Å². The van der Waals surface area contributed by atoms with Crippen molar-refractivity contribution in [3.05, 3.63) is 47.4 Å². The molecule has 30 heavy (non-hydrogen) atoms. The van der Waals surface area contributed by atoms with E-state index in [1.54, 1.807) is 4.52 Å². The fraction of sp³-hybridized carbons (Fsp3) is 0.435. The van der Waals surface area contributed by atoms with Gasteiger partial charge < -0.3 is 9.32 Å². The summed E-state index contributed by atoms with van der Waals surface area (Å²) in [4.78, 5) is 11.3. The van der Waals surface area contributed by atoms with Crippen molar-refractivity contribution >= 4 is 16.7 Å². The topological polar surface area (TPSA) is 59.5 Å². The molecule has 7 heteroatoms. The van der Waals surface area contributed by atoms with Gasteiger partial charge in [-0.3, -0.25) is 0 Å². The van der Waals surface area contributed by atoms with E-state index >= 15 is 0 Å². The van der Waals surface area contributed by atoms with Gasteiger partial charge >= 0.3 is 0 Å². The Morgan fingerprint density at radius 3 is 2.57 bits per heavy atom. The SMILES string of the molecule is Cc1cn2nc(-c3cc(F)c4nc(C5CCC(N(C)C)CC5)oc4c3)cc(C)c2n1. The summed E-state index contributed by atoms with van der Waals surface area (Å²) in [5, 5.41) is 4.62. The van der Waals surface area contributed by atoms with Crippen LogP contribution in [-0.4, -0.2) is 44.6 Å². The monoisotopic (exact) mass is 407 g/mol. The summed E-state index contributed by atoms with van der Waals surface area (Å²) < 4.78 is 22.7. The number of hydrogen-bond donors (Lipinski definition) is 0. The summed E-state index contributed by atoms with van der Waals surface area (Å²) >= 11 is 0. The highest BCUT2D eigenvalue weighted by Gasteiger charge is 2.27. The third kappa shape index (κ3) is 3.27. The molecule has 1 aliphatic rings. The number of benzene rings is 1. The van der Waals surface area contributed by atoms with E-state index in [0.717, 1.165) is 42.6 Å². The molecule has 0 atom stereocenters. The first-order chi connectivity index (χ1) is 14.4. The minimum absolute atomic E-state index is 0.252. The average Bonchev–Trinajstić information content (AvgIpc) is 3.31. The maximum Gasteiger partial charge on any atom is 0.198 e. The van der Waals surface area contributed by atoms with Gasteiger partial charge in [0.15, 0.2) is 22.9 Å². The maximum absolute atomic E-state index is 14.9. The summed E-state index contributed by atoms with van der Waals surface area (Å²) in [5.41, 5.74) is 4.85. The Labute approximate surface area is 174 Å². The number of imidazole rings is 1. The molecule has 0 bridgehead atoms. The van der Waals surface area contributed by atoms with Crippen LogP contribution in [0.2, 0.25) is 0 Å². The second-order valence-corrected chi connectivity index (χ2v) is 8.69. The van der Waals surface area contributed by atoms with Gasteiger partial charge in [-0.05, 0) is 77.4 Å². The number of halogens is 1. The van der Waals surface area contributed by atoms with Gasteiger partial charge in [-0.25, -0.2) is 18.9 Å². The molecule has 1 fully saturated rings. The van der Waals surface area contributed by atoms with Crippen LogP contribution in [-0.2, 0) is 0 Å². The number of fused-ring (bicyclic) bond motifs is 2. The van der Waals surface area contributed by atoms with Crippen LogP contribution in [0.25, 0.3) is 28.0 Å². The highest BCUT2D eigenvalue weighted by Crippen LogP contribution is 2.36. The van der Waals surface area contributed by atoms with Gasteiger partial charge in [0.1, 0.15) is 5.52 Å². The molecule has 4 aromatic rings. The van der Waals surface area contributed by atoms with Crippen molar-refractivity contribution < 1.29 is 8.81 Å². The molecule has 0 spiro atoms. The number of oxazole rings is 1. The molecule has 0 N–H and O–H groups in total. The molecule has 3 aromatic heterocycles. The van der Waals surface area contributed by atoms with Crippen molar-refractivity contribution in [2.24, 2.45) is 0 Å². The van der Waals surface area contributed by atoms with E-state index in [4.69, 9.17) is 4.42 Å². The number of aromatic nitrogens is 4. The number of rotatable bonds is 3. The zero-order valence-electron chi connectivity index (χ0n) is 17.8. The molecule has 1 aromatic carbocycles. The van der Waals surface area contributed by atoms with Crippen molar-refractivity contribution in [3.8, 4) is 11.3 Å². The molecular weight excluding hydrogens is 381 g/mol. The van der Waals surface area contributed by atoms with Crippen molar-refractivity contribution in [2.75, 3.05) is 14.1 Å². The Morgan fingerprint density at radius 1 is 1.07 bits per heavy atom. The highest BCUT2D eigenvalue weighted by molar-refractivity contribution is 5.80. The number of hydrogen-bond acceptors (Lipinski definition) is 5. The normalized spacial score (nSPS) is 19.9. The van der Waals surface area contributed by atoms with Gasteiger partial charge in [-0.1, -0.05) is 0 Å². The first-order valence-corrected chi connectivity index (χ1v) is 10.5. The van der Waals surface area contributed by atoms with Gasteiger partial charge in [0.05, 0.1) is 17.6 Å². The summed E-state index contributed by atoms with van der Waals surface area (Å²) in [6.07, 6.45) is 6.12. The lowest BCUT2D eigenvalue weighted by Gasteiger charge is -2.31. The molecule has 0 amide bonds. The van der Waals surface area contributed by atoms with E-state index in [1.807, 2.05) is 32.2 Å². The van der Waals surface area contributed by atoms with Crippen LogP contribution in [0.4, 0.5) is 4.39 Å². The number of aryl methyl sites for hydroxylation is 2. The van der Waals surface area contributed by atoms with Crippen LogP contribution < -0.4 is 0 Å². The number of nitrogens with zero attached hydrogens (tertiary/aromatic N) is 5. The molecule has 3 heterocycles. The zero-order valence-corrected chi connectivity index (χ0v) is 17.8. The van der Waals surface area contributed by atoms with Crippen molar-refractivity contribution in [3.63, 3.8) is 0 Å². The van der Waals surface area contributed by atoms with Crippen molar-refractivity contribution in [2.45, 2.75) is 51.5 Å². The van der Waals surface area contributed by atoms with E-state index in [1.165, 1.54) is 6.07 Å². The predicted molar refractivity (Wildman–Crippen MR) is 114 cm³/mol. The Morgan fingerprint density at radius 2 is 1.83 bits per heavy atom. The highest BCUT2D eigenvalue weighted by atomic mass is 19.1. The Balaban J connectivity index is 1.50. The van der Waals surface area contributed by atoms with E-state index in [9.17, 15) is 4.39 Å². The molecule has 1 saturated carbocycles. The molecule has 1 aliphatic carbocycles. The van der Waals surface area contributed by atoms with Crippen LogP contribution in [0, 0.1) is 19.7 Å². The molecule has 0 radical (unpaired) electrons. The first-order valence-electron chi connectivity index (χ1n) is 10.5. The smallest absolute Gasteiger partial charge is 0.198 e. The van der Waals surface area contributed by atoms with Gasteiger partial charge in [-0.2, -0.15) is 5.10 Å². The minimum Gasteiger partial charge on any atom is -0.440 e. The maximum atomic E-state index is 14.9. The fourth-order valence-electron chi connectivity index (χ4n) is 4.55. The van der Waals surface area contributed by atoms with Crippen LogP contribution in [0.15, 0.2) is 28.8 Å². The van der Waals surface area contributed by atoms with E-state index in [-0.39, 0.29) is 11.7 Å². The van der Waals surface area contributed by atoms with Gasteiger partial charge in [0.2, 0.25) is 0 Å². The Bertz CT molecular complexity index is 1230. The molecule has 0 unspecified atom stereocenters. The van der Waals surface area contributed by atoms with Crippen LogP contribution >= 0.6 is 0 Å². The second-order valence-electron chi connectivity index (χ2n) is 8.69. The lowest BCUT2D eigenvalue weighted by Crippen LogP contribution is -2.31. The van der Waals surface area contributed by atoms with Crippen LogP contribution in [0.5, 0.6) is 0 Å². The van der Waals surface area contributed by atoms with E-state index < -0.39 is 0 Å². The lowest BCUT2D eigenvalue weighted by atomic mass is 9.85. The predicted octanol–water partition coefficient (Wildman–Crippen LogP) is 4.88. The van der Waals surface area contributed by atoms with Gasteiger partial charge in [-0.15, -0.1) is 0 Å². The zero-order chi connectivity index (χ0) is 21.0. The summed E-state index contributed by atoms with van der Waals surface area (Å²) in [5.74, 6) is 0.533. The molecule has 0 saturated heterocycles. The van der Waals surface area contributed by atoms with Crippen molar-refractivity contribution in [1.29, 1.82) is 0 Å². The largest absolute Gasteiger partial charge is 0.440 e. The fourth-order valence-corrected chi connectivity index (χ4v) is 4.55. The molecule has 5 rings (SSSR count). The van der Waals surface area contributed by atoms with E-state index in [2.05, 4.69) is 34.1 Å². The second kappa shape index (κ2) is 7.16. The molecule has 156 valence electrons. The standard InChI is InChI=1S/C23H26FN5O/c1-13-9-19(27-29-12-14(2)25-22(13)29)16-10-18(24)21-20(11-16)30-23(26-21)15-5-7-17(8-6-15)28(3)4/h9-12,15,17H,5-8H2,1-4H3. The summed E-state index contributed by atoms with van der Waals surface area (Å²) in [7, 11) is 4.25.